The predicted octanol–water partition coefficient (Wildman–Crippen LogP) is 3.18. The smallest absolute Gasteiger partial charge is 0.203 e. The molecule has 0 amide bonds. The summed E-state index contributed by atoms with van der Waals surface area (Å²) in [5, 5.41) is 6.22. The lowest BCUT2D eigenvalue weighted by Crippen LogP contribution is -2.08. The maximum Gasteiger partial charge on any atom is 0.203 e. The Hall–Kier alpha value is -2.69. The van der Waals surface area contributed by atoms with Gasteiger partial charge in [0.05, 0.1) is 33.2 Å². The first kappa shape index (κ1) is 15.7. The van der Waals surface area contributed by atoms with E-state index in [2.05, 4.69) is 5.10 Å². The fourth-order valence-electron chi connectivity index (χ4n) is 2.04. The molecule has 5 nitrogen and oxygen atoms in total. The first-order chi connectivity index (χ1) is 10.7. The van der Waals surface area contributed by atoms with Crippen LogP contribution in [0.4, 0.5) is 5.69 Å². The van der Waals surface area contributed by atoms with Crippen molar-refractivity contribution in [3.05, 3.63) is 48.0 Å². The number of anilines is 1. The van der Waals surface area contributed by atoms with Crippen molar-refractivity contribution in [3.8, 4) is 17.2 Å². The average Bonchev–Trinajstić information content (AvgIpc) is 2.59. The zero-order chi connectivity index (χ0) is 15.9. The minimum absolute atomic E-state index is 0.568. The van der Waals surface area contributed by atoms with E-state index in [4.69, 9.17) is 14.2 Å². The lowest BCUT2D eigenvalue weighted by Gasteiger charge is -2.14. The highest BCUT2D eigenvalue weighted by Crippen LogP contribution is 2.37. The summed E-state index contributed by atoms with van der Waals surface area (Å²) >= 11 is 0. The minimum Gasteiger partial charge on any atom is -0.493 e. The highest BCUT2D eigenvalue weighted by molar-refractivity contribution is 5.83. The van der Waals surface area contributed by atoms with E-state index in [0.29, 0.717) is 17.2 Å². The fourth-order valence-corrected chi connectivity index (χ4v) is 2.04. The lowest BCUT2D eigenvalue weighted by molar-refractivity contribution is 0.324. The van der Waals surface area contributed by atoms with Crippen LogP contribution in [-0.4, -0.2) is 34.6 Å². The van der Waals surface area contributed by atoms with Gasteiger partial charge >= 0.3 is 0 Å². The van der Waals surface area contributed by atoms with E-state index in [-0.39, 0.29) is 0 Å². The van der Waals surface area contributed by atoms with Crippen LogP contribution in [-0.2, 0) is 0 Å². The molecule has 0 fully saturated rings. The van der Waals surface area contributed by atoms with E-state index in [1.54, 1.807) is 32.6 Å². The molecule has 0 bridgehead atoms. The zero-order valence-corrected chi connectivity index (χ0v) is 13.2. The first-order valence-electron chi connectivity index (χ1n) is 6.82. The molecule has 0 aliphatic heterocycles. The Bertz CT molecular complexity index is 617. The van der Waals surface area contributed by atoms with Gasteiger partial charge in [-0.3, -0.25) is 5.01 Å². The zero-order valence-electron chi connectivity index (χ0n) is 13.2. The van der Waals surface area contributed by atoms with Crippen molar-refractivity contribution in [2.45, 2.75) is 0 Å². The van der Waals surface area contributed by atoms with Crippen molar-refractivity contribution in [2.75, 3.05) is 33.4 Å². The molecule has 0 unspecified atom stereocenters. The number of hydrazone groups is 1. The van der Waals surface area contributed by atoms with Crippen LogP contribution in [0.3, 0.4) is 0 Å². The number of ether oxygens (including phenoxy) is 3. The Morgan fingerprint density at radius 1 is 0.909 bits per heavy atom. The van der Waals surface area contributed by atoms with E-state index < -0.39 is 0 Å². The Labute approximate surface area is 130 Å². The largest absolute Gasteiger partial charge is 0.493 e. The normalized spacial score (nSPS) is 10.5. The summed E-state index contributed by atoms with van der Waals surface area (Å²) in [6, 6.07) is 13.6. The standard InChI is InChI=1S/C17H20N2O3/c1-19(14-8-6-5-7-9-14)18-12-13-10-15(20-2)17(22-4)16(11-13)21-3/h5-12H,1-4H3/b18-12-. The number of methoxy groups -OCH3 is 3. The third-order valence-electron chi connectivity index (χ3n) is 3.20. The van der Waals surface area contributed by atoms with Gasteiger partial charge in [-0.05, 0) is 24.3 Å². The fraction of sp³-hybridized carbons (Fsp3) is 0.235. The lowest BCUT2D eigenvalue weighted by atomic mass is 10.2. The van der Waals surface area contributed by atoms with Gasteiger partial charge < -0.3 is 14.2 Å². The summed E-state index contributed by atoms with van der Waals surface area (Å²) in [5.74, 6) is 1.77. The van der Waals surface area contributed by atoms with Crippen molar-refractivity contribution in [2.24, 2.45) is 5.10 Å². The van der Waals surface area contributed by atoms with Gasteiger partial charge in [0.25, 0.3) is 0 Å². The third-order valence-corrected chi connectivity index (χ3v) is 3.20. The van der Waals surface area contributed by atoms with E-state index in [0.717, 1.165) is 11.3 Å². The molecule has 0 N–H and O–H groups in total. The number of hydrogen-bond donors (Lipinski definition) is 0. The highest BCUT2D eigenvalue weighted by Gasteiger charge is 2.12. The summed E-state index contributed by atoms with van der Waals surface area (Å²) in [6.07, 6.45) is 1.75. The molecule has 2 aromatic rings. The van der Waals surface area contributed by atoms with Crippen molar-refractivity contribution in [3.63, 3.8) is 0 Å². The van der Waals surface area contributed by atoms with Gasteiger partial charge in [-0.1, -0.05) is 18.2 Å². The molecule has 0 saturated heterocycles. The summed E-state index contributed by atoms with van der Waals surface area (Å²) in [7, 11) is 6.66. The Morgan fingerprint density at radius 3 is 2.00 bits per heavy atom. The van der Waals surface area contributed by atoms with Crippen LogP contribution in [0.15, 0.2) is 47.6 Å². The second-order valence-corrected chi connectivity index (χ2v) is 4.56. The number of nitrogens with zero attached hydrogens (tertiary/aromatic N) is 2. The molecular formula is C17H20N2O3. The van der Waals surface area contributed by atoms with Crippen LogP contribution in [0.2, 0.25) is 0 Å². The van der Waals surface area contributed by atoms with Crippen molar-refractivity contribution < 1.29 is 14.2 Å². The van der Waals surface area contributed by atoms with Gasteiger partial charge in [0.2, 0.25) is 5.75 Å². The second kappa shape index (κ2) is 7.36. The van der Waals surface area contributed by atoms with Gasteiger partial charge in [-0.15, -0.1) is 0 Å². The van der Waals surface area contributed by atoms with Gasteiger partial charge in [-0.2, -0.15) is 5.10 Å². The maximum absolute atomic E-state index is 5.33. The molecular weight excluding hydrogens is 280 g/mol. The molecule has 0 spiro atoms. The van der Waals surface area contributed by atoms with Crippen LogP contribution >= 0.6 is 0 Å². The first-order valence-corrected chi connectivity index (χ1v) is 6.82. The molecule has 0 aliphatic rings. The number of hydrogen-bond acceptors (Lipinski definition) is 5. The highest BCUT2D eigenvalue weighted by atomic mass is 16.5. The van der Waals surface area contributed by atoms with Crippen LogP contribution in [0.5, 0.6) is 17.2 Å². The van der Waals surface area contributed by atoms with Gasteiger partial charge in [0.1, 0.15) is 0 Å². The second-order valence-electron chi connectivity index (χ2n) is 4.56. The predicted molar refractivity (Wildman–Crippen MR) is 88.5 cm³/mol. The van der Waals surface area contributed by atoms with Crippen molar-refractivity contribution >= 4 is 11.9 Å². The van der Waals surface area contributed by atoms with E-state index in [9.17, 15) is 0 Å². The Morgan fingerprint density at radius 2 is 1.50 bits per heavy atom. The SMILES string of the molecule is COc1cc(/C=N\N(C)c2ccccc2)cc(OC)c1OC. The number of rotatable bonds is 6. The minimum atomic E-state index is 0.568. The van der Waals surface area contributed by atoms with Gasteiger partial charge in [0, 0.05) is 12.6 Å². The monoisotopic (exact) mass is 300 g/mol. The van der Waals surface area contributed by atoms with Gasteiger partial charge in [0.15, 0.2) is 11.5 Å². The van der Waals surface area contributed by atoms with E-state index >= 15 is 0 Å². The third kappa shape index (κ3) is 3.49. The van der Waals surface area contributed by atoms with Crippen LogP contribution < -0.4 is 19.2 Å². The molecule has 22 heavy (non-hydrogen) atoms. The van der Waals surface area contributed by atoms with E-state index in [1.807, 2.05) is 49.5 Å². The molecule has 0 radical (unpaired) electrons. The van der Waals surface area contributed by atoms with E-state index in [1.165, 1.54) is 0 Å². The molecule has 2 rings (SSSR count). The molecule has 116 valence electrons. The molecule has 0 saturated carbocycles. The Kier molecular flexibility index (Phi) is 5.25. The maximum atomic E-state index is 5.33. The van der Waals surface area contributed by atoms with Crippen LogP contribution in [0, 0.1) is 0 Å². The topological polar surface area (TPSA) is 43.3 Å². The van der Waals surface area contributed by atoms with Crippen LogP contribution in [0.1, 0.15) is 5.56 Å². The summed E-state index contributed by atoms with van der Waals surface area (Å²) in [4.78, 5) is 0. The molecule has 0 heterocycles. The van der Waals surface area contributed by atoms with Crippen LogP contribution in [0.25, 0.3) is 0 Å². The Balaban J connectivity index is 2.27. The number of benzene rings is 2. The summed E-state index contributed by atoms with van der Waals surface area (Å²) in [6.45, 7) is 0. The van der Waals surface area contributed by atoms with Gasteiger partial charge in [-0.25, -0.2) is 0 Å². The molecule has 5 heteroatoms. The number of para-hydroxylation sites is 1. The molecule has 2 aromatic carbocycles. The molecule has 0 atom stereocenters. The quantitative estimate of drug-likeness (QED) is 0.607. The van der Waals surface area contributed by atoms with Crippen molar-refractivity contribution in [1.82, 2.24) is 0 Å². The van der Waals surface area contributed by atoms with Crippen molar-refractivity contribution in [1.29, 1.82) is 0 Å². The molecule has 0 aliphatic carbocycles. The molecule has 0 aromatic heterocycles. The summed E-state index contributed by atoms with van der Waals surface area (Å²) < 4.78 is 16.0. The summed E-state index contributed by atoms with van der Waals surface area (Å²) in [5.41, 5.74) is 1.86. The average molecular weight is 300 g/mol.